The quantitative estimate of drug-likeness (QED) is 0.0237. The summed E-state index contributed by atoms with van der Waals surface area (Å²) in [6.45, 7) is 5.93. The maximum Gasteiger partial charge on any atom is 0.249 e. The number of carbonyl (C=O) groups is 1. The van der Waals surface area contributed by atoms with E-state index in [-0.39, 0.29) is 6.61 Å². The van der Waals surface area contributed by atoms with Crippen molar-refractivity contribution in [3.8, 4) is 0 Å². The highest BCUT2D eigenvalue weighted by atomic mass is 16.7. The lowest BCUT2D eigenvalue weighted by molar-refractivity contribution is -0.302. The summed E-state index contributed by atoms with van der Waals surface area (Å²) < 4.78 is 11.1. The third-order valence-electron chi connectivity index (χ3n) is 11.6. The van der Waals surface area contributed by atoms with Crippen molar-refractivity contribution in [1.29, 1.82) is 0 Å². The molecule has 8 atom stereocenters. The van der Waals surface area contributed by atoms with Crippen LogP contribution in [0, 0.1) is 5.92 Å². The maximum atomic E-state index is 13.0. The van der Waals surface area contributed by atoms with E-state index in [1.165, 1.54) is 141 Å². The number of nitrogens with one attached hydrogen (secondary N) is 1. The molecule has 1 saturated heterocycles. The van der Waals surface area contributed by atoms with Gasteiger partial charge in [0.15, 0.2) is 6.29 Å². The molecule has 0 spiro atoms. The highest BCUT2D eigenvalue weighted by Gasteiger charge is 2.44. The normalized spacial score (nSPS) is 21.7. The van der Waals surface area contributed by atoms with Gasteiger partial charge in [-0.05, 0) is 25.2 Å². The number of hydrogen-bond donors (Lipinski definition) is 7. The topological polar surface area (TPSA) is 169 Å². The highest BCUT2D eigenvalue weighted by Crippen LogP contribution is 2.23. The van der Waals surface area contributed by atoms with Gasteiger partial charge in [-0.15, -0.1) is 0 Å². The maximum absolute atomic E-state index is 13.0. The Balaban J connectivity index is 2.38. The first-order valence-corrected chi connectivity index (χ1v) is 23.9. The zero-order valence-electron chi connectivity index (χ0n) is 36.9. The van der Waals surface area contributed by atoms with Crippen molar-refractivity contribution in [1.82, 2.24) is 5.32 Å². The van der Waals surface area contributed by atoms with Gasteiger partial charge in [0.25, 0.3) is 0 Å². The standard InChI is InChI=1S/C47H91NO9/c1-4-5-6-7-8-9-10-11-12-13-14-15-16-19-23-26-29-32-35-41(51)46(55)48-39(37-56-47-45(54)44(53)43(52)42(36-49)57-47)40(50)34-31-28-25-22-20-17-18-21-24-27-30-33-38(2)3/h31,34,38-45,47,49-54H,4-30,32-33,35-37H2,1-3H3,(H,48,55)/b34-31+/t39-,40+,41+,42+,43+,44-,45+,47+/m0/s1. The Hall–Kier alpha value is -1.11. The van der Waals surface area contributed by atoms with Crippen molar-refractivity contribution in [3.05, 3.63) is 12.2 Å². The average Bonchev–Trinajstić information content (AvgIpc) is 3.20. The molecule has 0 bridgehead atoms. The van der Waals surface area contributed by atoms with Crippen LogP contribution >= 0.6 is 0 Å². The van der Waals surface area contributed by atoms with E-state index in [1.807, 2.05) is 6.08 Å². The predicted octanol–water partition coefficient (Wildman–Crippen LogP) is 8.94. The summed E-state index contributed by atoms with van der Waals surface area (Å²) in [5.41, 5.74) is 0. The highest BCUT2D eigenvalue weighted by molar-refractivity contribution is 5.80. The molecule has 1 aliphatic rings. The van der Waals surface area contributed by atoms with Crippen LogP contribution in [0.5, 0.6) is 0 Å². The van der Waals surface area contributed by atoms with Gasteiger partial charge >= 0.3 is 0 Å². The summed E-state index contributed by atoms with van der Waals surface area (Å²) in [5, 5.41) is 64.7. The molecule has 1 amide bonds. The van der Waals surface area contributed by atoms with E-state index >= 15 is 0 Å². The third kappa shape index (κ3) is 28.1. The van der Waals surface area contributed by atoms with Gasteiger partial charge in [0, 0.05) is 0 Å². The Bertz CT molecular complexity index is 935. The summed E-state index contributed by atoms with van der Waals surface area (Å²) in [7, 11) is 0. The molecule has 7 N–H and O–H groups in total. The van der Waals surface area contributed by atoms with Gasteiger partial charge < -0.3 is 45.4 Å². The van der Waals surface area contributed by atoms with Gasteiger partial charge in [0.05, 0.1) is 25.4 Å². The van der Waals surface area contributed by atoms with Gasteiger partial charge in [0.2, 0.25) is 5.91 Å². The van der Waals surface area contributed by atoms with Crippen molar-refractivity contribution in [2.75, 3.05) is 13.2 Å². The van der Waals surface area contributed by atoms with Crippen LogP contribution in [0.15, 0.2) is 12.2 Å². The van der Waals surface area contributed by atoms with E-state index in [2.05, 4.69) is 26.1 Å². The SMILES string of the molecule is CCCCCCCCCCCCCCCCCCCC[C@@H](O)C(=O)N[C@@H](CO[C@@H]1O[C@H](CO)[C@@H](O)[C@H](O)[C@H]1O)[C@H](O)/C=C/CCCCCCCCCCCC(C)C. The Kier molecular flexibility index (Phi) is 34.7. The summed E-state index contributed by atoms with van der Waals surface area (Å²) in [6.07, 6.45) is 30.2. The molecule has 57 heavy (non-hydrogen) atoms. The molecule has 0 unspecified atom stereocenters. The van der Waals surface area contributed by atoms with Crippen molar-refractivity contribution >= 4 is 5.91 Å². The molecule has 10 nitrogen and oxygen atoms in total. The minimum atomic E-state index is -1.61. The summed E-state index contributed by atoms with van der Waals surface area (Å²) in [6, 6.07) is -0.975. The lowest BCUT2D eigenvalue weighted by Gasteiger charge is -2.40. The molecule has 1 heterocycles. The van der Waals surface area contributed by atoms with E-state index in [0.717, 1.165) is 50.9 Å². The number of hydrogen-bond acceptors (Lipinski definition) is 9. The van der Waals surface area contributed by atoms with Crippen LogP contribution in [0.2, 0.25) is 0 Å². The Morgan fingerprint density at radius 1 is 0.632 bits per heavy atom. The van der Waals surface area contributed by atoms with Crippen LogP contribution in [0.3, 0.4) is 0 Å². The molecule has 1 rings (SSSR count). The number of carbonyl (C=O) groups excluding carboxylic acids is 1. The van der Waals surface area contributed by atoms with Gasteiger partial charge in [-0.3, -0.25) is 4.79 Å². The van der Waals surface area contributed by atoms with Crippen LogP contribution in [-0.2, 0) is 14.3 Å². The Labute approximate surface area is 349 Å². The van der Waals surface area contributed by atoms with Gasteiger partial charge in [-0.2, -0.15) is 0 Å². The summed E-state index contributed by atoms with van der Waals surface area (Å²) >= 11 is 0. The van der Waals surface area contributed by atoms with Crippen molar-refractivity contribution in [2.24, 2.45) is 5.92 Å². The number of ether oxygens (including phenoxy) is 2. The summed E-state index contributed by atoms with van der Waals surface area (Å²) in [5.74, 6) is 0.178. The fourth-order valence-corrected chi connectivity index (χ4v) is 7.70. The molecule has 0 aromatic rings. The van der Waals surface area contributed by atoms with E-state index in [4.69, 9.17) is 9.47 Å². The zero-order valence-corrected chi connectivity index (χ0v) is 36.9. The van der Waals surface area contributed by atoms with Crippen LogP contribution in [0.4, 0.5) is 0 Å². The number of amides is 1. The number of rotatable bonds is 39. The molecule has 0 radical (unpaired) electrons. The fourth-order valence-electron chi connectivity index (χ4n) is 7.70. The van der Waals surface area contributed by atoms with Gasteiger partial charge in [0.1, 0.15) is 30.5 Å². The number of unbranched alkanes of at least 4 members (excludes halogenated alkanes) is 26. The van der Waals surface area contributed by atoms with Crippen LogP contribution < -0.4 is 5.32 Å². The smallest absolute Gasteiger partial charge is 0.249 e. The molecule has 0 aromatic heterocycles. The Morgan fingerprint density at radius 2 is 1.07 bits per heavy atom. The van der Waals surface area contributed by atoms with Crippen LogP contribution in [0.1, 0.15) is 213 Å². The van der Waals surface area contributed by atoms with E-state index in [1.54, 1.807) is 6.08 Å². The molecule has 0 aromatic carbocycles. The molecule has 10 heteroatoms. The van der Waals surface area contributed by atoms with Crippen molar-refractivity contribution in [2.45, 2.75) is 262 Å². The number of aliphatic hydroxyl groups is 6. The van der Waals surface area contributed by atoms with E-state index in [9.17, 15) is 35.4 Å². The second-order valence-electron chi connectivity index (χ2n) is 17.5. The minimum Gasteiger partial charge on any atom is -0.394 e. The number of allylic oxidation sites excluding steroid dienone is 1. The molecule has 0 saturated carbocycles. The van der Waals surface area contributed by atoms with Gasteiger partial charge in [-0.1, -0.05) is 206 Å². The first-order chi connectivity index (χ1) is 27.6. The zero-order chi connectivity index (χ0) is 41.9. The van der Waals surface area contributed by atoms with Crippen molar-refractivity contribution in [3.63, 3.8) is 0 Å². The second-order valence-corrected chi connectivity index (χ2v) is 17.5. The van der Waals surface area contributed by atoms with Crippen LogP contribution in [0.25, 0.3) is 0 Å². The second kappa shape index (κ2) is 36.7. The molecular formula is C47H91NO9. The third-order valence-corrected chi connectivity index (χ3v) is 11.6. The first kappa shape index (κ1) is 53.9. The Morgan fingerprint density at radius 3 is 1.53 bits per heavy atom. The minimum absolute atomic E-state index is 0.302. The van der Waals surface area contributed by atoms with E-state index < -0.39 is 61.5 Å². The largest absolute Gasteiger partial charge is 0.394 e. The van der Waals surface area contributed by atoms with Crippen LogP contribution in [-0.4, -0.2) is 98.7 Å². The first-order valence-electron chi connectivity index (χ1n) is 23.9. The lowest BCUT2D eigenvalue weighted by Crippen LogP contribution is -2.60. The molecule has 1 fully saturated rings. The number of aliphatic hydroxyl groups excluding tert-OH is 6. The van der Waals surface area contributed by atoms with Crippen molar-refractivity contribution < 1.29 is 44.9 Å². The molecule has 338 valence electrons. The fraction of sp³-hybridized carbons (Fsp3) is 0.936. The molecular weight excluding hydrogens is 723 g/mol. The molecule has 0 aliphatic carbocycles. The average molecular weight is 814 g/mol. The predicted molar refractivity (Wildman–Crippen MR) is 232 cm³/mol. The van der Waals surface area contributed by atoms with Gasteiger partial charge in [-0.25, -0.2) is 0 Å². The monoisotopic (exact) mass is 814 g/mol. The lowest BCUT2D eigenvalue weighted by atomic mass is 9.99. The molecule has 1 aliphatic heterocycles. The van der Waals surface area contributed by atoms with E-state index in [0.29, 0.717) is 6.42 Å². The summed E-state index contributed by atoms with van der Waals surface area (Å²) in [4.78, 5) is 13.0.